The van der Waals surface area contributed by atoms with Crippen LogP contribution >= 0.6 is 0 Å². The molecule has 0 aliphatic heterocycles. The lowest BCUT2D eigenvalue weighted by Gasteiger charge is -2.05. The van der Waals surface area contributed by atoms with E-state index in [1.54, 1.807) is 31.4 Å². The summed E-state index contributed by atoms with van der Waals surface area (Å²) in [5.74, 6) is -0.301. The number of hydrogen-bond donors (Lipinski definition) is 2. The maximum atomic E-state index is 11.9. The summed E-state index contributed by atoms with van der Waals surface area (Å²) >= 11 is 0. The SMILES string of the molecule is COc1ccc(CC(=O)N/N=C/c2cc(OC)c(O)c([N+](=O)[O-])c2)cc1. The number of ether oxygens (including phenoxy) is 2. The number of hydrazone groups is 1. The Kier molecular flexibility index (Phi) is 6.10. The third kappa shape index (κ3) is 4.69. The van der Waals surface area contributed by atoms with Crippen LogP contribution in [0.2, 0.25) is 0 Å². The molecule has 26 heavy (non-hydrogen) atoms. The van der Waals surface area contributed by atoms with E-state index in [0.717, 1.165) is 11.6 Å². The Morgan fingerprint density at radius 1 is 1.27 bits per heavy atom. The lowest BCUT2D eigenvalue weighted by Crippen LogP contribution is -2.19. The van der Waals surface area contributed by atoms with Crippen LogP contribution in [0.15, 0.2) is 41.5 Å². The molecule has 0 radical (unpaired) electrons. The molecule has 9 heteroatoms. The molecule has 0 unspecified atom stereocenters. The first kappa shape index (κ1) is 18.7. The molecule has 0 bridgehead atoms. The number of carbonyl (C=O) groups excluding carboxylic acids is 1. The predicted octanol–water partition coefficient (Wildman–Crippen LogP) is 2.01. The fourth-order valence-electron chi connectivity index (χ4n) is 2.13. The lowest BCUT2D eigenvalue weighted by molar-refractivity contribution is -0.386. The van der Waals surface area contributed by atoms with Gasteiger partial charge in [-0.2, -0.15) is 5.10 Å². The fraction of sp³-hybridized carbons (Fsp3) is 0.176. The zero-order valence-electron chi connectivity index (χ0n) is 14.1. The Morgan fingerprint density at radius 3 is 2.54 bits per heavy atom. The van der Waals surface area contributed by atoms with Crippen molar-refractivity contribution in [3.05, 3.63) is 57.6 Å². The minimum absolute atomic E-state index is 0.0646. The van der Waals surface area contributed by atoms with Crippen molar-refractivity contribution in [1.82, 2.24) is 5.43 Å². The first-order valence-electron chi connectivity index (χ1n) is 7.44. The molecule has 0 saturated heterocycles. The van der Waals surface area contributed by atoms with Crippen LogP contribution in [-0.4, -0.2) is 36.4 Å². The number of nitro benzene ring substituents is 1. The molecule has 0 aromatic heterocycles. The summed E-state index contributed by atoms with van der Waals surface area (Å²) in [6.45, 7) is 0. The van der Waals surface area contributed by atoms with E-state index in [1.165, 1.54) is 19.4 Å². The van der Waals surface area contributed by atoms with Crippen LogP contribution in [0.5, 0.6) is 17.2 Å². The molecule has 0 fully saturated rings. The summed E-state index contributed by atoms with van der Waals surface area (Å²) in [6, 6.07) is 9.49. The van der Waals surface area contributed by atoms with Gasteiger partial charge in [-0.1, -0.05) is 12.1 Å². The van der Waals surface area contributed by atoms with Crippen LogP contribution in [0.1, 0.15) is 11.1 Å². The number of carbonyl (C=O) groups is 1. The van der Waals surface area contributed by atoms with Crippen molar-refractivity contribution >= 4 is 17.8 Å². The molecule has 2 aromatic carbocycles. The zero-order chi connectivity index (χ0) is 19.1. The number of nitro groups is 1. The van der Waals surface area contributed by atoms with Crippen LogP contribution in [-0.2, 0) is 11.2 Å². The second-order valence-corrected chi connectivity index (χ2v) is 5.17. The smallest absolute Gasteiger partial charge is 0.315 e. The number of nitrogens with zero attached hydrogens (tertiary/aromatic N) is 2. The number of amides is 1. The molecule has 0 heterocycles. The summed E-state index contributed by atoms with van der Waals surface area (Å²) in [5.41, 5.74) is 2.88. The van der Waals surface area contributed by atoms with Crippen LogP contribution in [0.4, 0.5) is 5.69 Å². The number of nitrogens with one attached hydrogen (secondary N) is 1. The Hall–Kier alpha value is -3.62. The normalized spacial score (nSPS) is 10.5. The van der Waals surface area contributed by atoms with Crippen LogP contribution in [0, 0.1) is 10.1 Å². The van der Waals surface area contributed by atoms with E-state index < -0.39 is 16.4 Å². The van der Waals surface area contributed by atoms with Gasteiger partial charge >= 0.3 is 5.69 Å². The number of rotatable bonds is 7. The average Bonchev–Trinajstić information content (AvgIpc) is 2.63. The Bertz CT molecular complexity index is 833. The molecule has 2 aromatic rings. The Morgan fingerprint density at radius 2 is 1.96 bits per heavy atom. The van der Waals surface area contributed by atoms with Gasteiger partial charge in [0.1, 0.15) is 5.75 Å². The van der Waals surface area contributed by atoms with Crippen molar-refractivity contribution in [3.63, 3.8) is 0 Å². The molecule has 0 spiro atoms. The first-order chi connectivity index (χ1) is 12.4. The highest BCUT2D eigenvalue weighted by Crippen LogP contribution is 2.36. The molecule has 0 saturated carbocycles. The molecule has 9 nitrogen and oxygen atoms in total. The van der Waals surface area contributed by atoms with Crippen LogP contribution in [0.3, 0.4) is 0 Å². The summed E-state index contributed by atoms with van der Waals surface area (Å²) in [6.07, 6.45) is 1.33. The van der Waals surface area contributed by atoms with Gasteiger partial charge in [-0.3, -0.25) is 14.9 Å². The minimum atomic E-state index is -0.739. The van der Waals surface area contributed by atoms with Gasteiger partial charge in [0, 0.05) is 11.6 Å². The molecule has 0 aliphatic rings. The quantitative estimate of drug-likeness (QED) is 0.443. The maximum absolute atomic E-state index is 11.9. The molecule has 2 rings (SSSR count). The van der Waals surface area contributed by atoms with Gasteiger partial charge in [0.15, 0.2) is 5.75 Å². The van der Waals surface area contributed by atoms with E-state index in [9.17, 15) is 20.0 Å². The third-order valence-electron chi connectivity index (χ3n) is 3.42. The fourth-order valence-corrected chi connectivity index (χ4v) is 2.13. The summed E-state index contributed by atoms with van der Waals surface area (Å²) in [4.78, 5) is 22.1. The summed E-state index contributed by atoms with van der Waals surface area (Å²) in [7, 11) is 2.83. The highest BCUT2D eigenvalue weighted by molar-refractivity contribution is 5.85. The molecule has 1 amide bonds. The lowest BCUT2D eigenvalue weighted by atomic mass is 10.1. The monoisotopic (exact) mass is 359 g/mol. The van der Waals surface area contributed by atoms with Crippen molar-refractivity contribution in [1.29, 1.82) is 0 Å². The summed E-state index contributed by atoms with van der Waals surface area (Å²) in [5, 5.41) is 24.4. The van der Waals surface area contributed by atoms with Gasteiger partial charge in [-0.05, 0) is 23.8 Å². The Labute approximate surface area is 149 Å². The van der Waals surface area contributed by atoms with Crippen molar-refractivity contribution in [2.75, 3.05) is 14.2 Å². The number of methoxy groups -OCH3 is 2. The highest BCUT2D eigenvalue weighted by Gasteiger charge is 2.19. The highest BCUT2D eigenvalue weighted by atomic mass is 16.6. The van der Waals surface area contributed by atoms with Gasteiger partial charge < -0.3 is 14.6 Å². The Balaban J connectivity index is 2.03. The van der Waals surface area contributed by atoms with E-state index >= 15 is 0 Å². The van der Waals surface area contributed by atoms with E-state index in [2.05, 4.69) is 10.5 Å². The zero-order valence-corrected chi connectivity index (χ0v) is 14.1. The largest absolute Gasteiger partial charge is 0.500 e. The predicted molar refractivity (Wildman–Crippen MR) is 93.7 cm³/mol. The standard InChI is InChI=1S/C17H17N3O6/c1-25-13-5-3-11(4-6-13)9-16(21)19-18-10-12-7-14(20(23)24)17(22)15(8-12)26-2/h3-8,10,22H,9H2,1-2H3,(H,19,21)/b18-10+. The van der Waals surface area contributed by atoms with Crippen molar-refractivity contribution in [3.8, 4) is 17.2 Å². The summed E-state index contributed by atoms with van der Waals surface area (Å²) < 4.78 is 9.93. The van der Waals surface area contributed by atoms with Crippen molar-refractivity contribution in [2.24, 2.45) is 5.10 Å². The van der Waals surface area contributed by atoms with Crippen molar-refractivity contribution < 1.29 is 24.3 Å². The van der Waals surface area contributed by atoms with Gasteiger partial charge in [-0.25, -0.2) is 5.43 Å². The first-order valence-corrected chi connectivity index (χ1v) is 7.44. The van der Waals surface area contributed by atoms with E-state index in [4.69, 9.17) is 9.47 Å². The molecule has 136 valence electrons. The van der Waals surface area contributed by atoms with Gasteiger partial charge in [0.05, 0.1) is 31.8 Å². The van der Waals surface area contributed by atoms with Crippen molar-refractivity contribution in [2.45, 2.75) is 6.42 Å². The molecule has 2 N–H and O–H groups in total. The second kappa shape index (κ2) is 8.47. The number of phenols is 1. The van der Waals surface area contributed by atoms with Crippen LogP contribution < -0.4 is 14.9 Å². The van der Waals surface area contributed by atoms with Gasteiger partial charge in [0.2, 0.25) is 11.7 Å². The minimum Gasteiger partial charge on any atom is -0.500 e. The van der Waals surface area contributed by atoms with E-state index in [1.807, 2.05) is 0 Å². The number of benzene rings is 2. The molecular weight excluding hydrogens is 342 g/mol. The average molecular weight is 359 g/mol. The molecule has 0 atom stereocenters. The van der Waals surface area contributed by atoms with E-state index in [-0.39, 0.29) is 23.6 Å². The molecule has 0 aliphatic carbocycles. The number of hydrogen-bond acceptors (Lipinski definition) is 7. The molecular formula is C17H17N3O6. The van der Waals surface area contributed by atoms with E-state index in [0.29, 0.717) is 5.75 Å². The third-order valence-corrected chi connectivity index (χ3v) is 3.42. The van der Waals surface area contributed by atoms with Crippen LogP contribution in [0.25, 0.3) is 0 Å². The van der Waals surface area contributed by atoms with Gasteiger partial charge in [0.25, 0.3) is 0 Å². The topological polar surface area (TPSA) is 123 Å². The number of aromatic hydroxyl groups is 1. The second-order valence-electron chi connectivity index (χ2n) is 5.17. The maximum Gasteiger partial charge on any atom is 0.315 e. The van der Waals surface area contributed by atoms with Gasteiger partial charge in [-0.15, -0.1) is 0 Å². The number of phenolic OH excluding ortho intramolecular Hbond substituents is 1.